The minimum absolute atomic E-state index is 0.429. The predicted molar refractivity (Wildman–Crippen MR) is 85.0 cm³/mol. The number of methoxy groups -OCH3 is 2. The lowest BCUT2D eigenvalue weighted by Crippen LogP contribution is -2.16. The van der Waals surface area contributed by atoms with Crippen molar-refractivity contribution in [3.8, 4) is 0 Å². The predicted octanol–water partition coefficient (Wildman–Crippen LogP) is 3.77. The van der Waals surface area contributed by atoms with Gasteiger partial charge in [0.05, 0.1) is 0 Å². The molecule has 4 heteroatoms. The Morgan fingerprint density at radius 2 is 1.55 bits per heavy atom. The van der Waals surface area contributed by atoms with Crippen LogP contribution in [0.5, 0.6) is 0 Å². The summed E-state index contributed by atoms with van der Waals surface area (Å²) >= 11 is 5.48. The highest BCUT2D eigenvalue weighted by molar-refractivity contribution is 7.81. The van der Waals surface area contributed by atoms with Crippen LogP contribution in [0.25, 0.3) is 0 Å². The average molecular weight is 287 g/mol. The molecule has 0 saturated heterocycles. The largest absolute Gasteiger partial charge is 0.352 e. The Labute approximate surface area is 124 Å². The highest BCUT2D eigenvalue weighted by Crippen LogP contribution is 2.23. The Bertz CT molecular complexity index is 568. The molecule has 1 N–H and O–H groups in total. The molecule has 0 aliphatic rings. The Hall–Kier alpha value is -1.75. The molecule has 3 nitrogen and oxygen atoms in total. The molecule has 0 aliphatic heterocycles. The third-order valence-corrected chi connectivity index (χ3v) is 3.24. The Morgan fingerprint density at radius 1 is 0.950 bits per heavy atom. The number of hydrogen-bond donors (Lipinski definition) is 1. The Morgan fingerprint density at radius 3 is 2.20 bits per heavy atom. The van der Waals surface area contributed by atoms with Crippen LogP contribution in [0.4, 0.5) is 5.69 Å². The smallest absolute Gasteiger partial charge is 0.183 e. The van der Waals surface area contributed by atoms with Gasteiger partial charge in [0.2, 0.25) is 0 Å². The Kier molecular flexibility index (Phi) is 5.24. The van der Waals surface area contributed by atoms with E-state index in [0.29, 0.717) is 4.99 Å². The van der Waals surface area contributed by atoms with Crippen LogP contribution in [0.1, 0.15) is 17.4 Å². The zero-order valence-corrected chi connectivity index (χ0v) is 12.3. The first-order chi connectivity index (χ1) is 9.76. The fourth-order valence-electron chi connectivity index (χ4n) is 1.98. The molecule has 0 aromatic heterocycles. The zero-order valence-electron chi connectivity index (χ0n) is 11.5. The standard InChI is InChI=1S/C16H17NO2S/c1-18-16(19-2)14-11-7-6-10-13(14)15(20)17-12-8-4-3-5-9-12/h3-11,16H,1-2H3,(H,17,20). The van der Waals surface area contributed by atoms with Crippen LogP contribution in [0, 0.1) is 0 Å². The maximum Gasteiger partial charge on any atom is 0.183 e. The summed E-state index contributed by atoms with van der Waals surface area (Å²) < 4.78 is 10.6. The summed E-state index contributed by atoms with van der Waals surface area (Å²) in [6.45, 7) is 0. The molecule has 2 rings (SSSR count). The summed E-state index contributed by atoms with van der Waals surface area (Å²) in [6, 6.07) is 17.6. The first-order valence-electron chi connectivity index (χ1n) is 6.27. The van der Waals surface area contributed by atoms with Crippen LogP contribution in [0.15, 0.2) is 54.6 Å². The third kappa shape index (κ3) is 3.42. The number of nitrogens with one attached hydrogen (secondary N) is 1. The van der Waals surface area contributed by atoms with E-state index < -0.39 is 6.29 Å². The molecule has 0 radical (unpaired) electrons. The number of ether oxygens (including phenoxy) is 2. The fourth-order valence-corrected chi connectivity index (χ4v) is 2.28. The number of para-hydroxylation sites is 1. The van der Waals surface area contributed by atoms with Gasteiger partial charge in [-0.1, -0.05) is 54.7 Å². The van der Waals surface area contributed by atoms with Crippen LogP contribution in [0.3, 0.4) is 0 Å². The molecule has 0 saturated carbocycles. The number of anilines is 1. The molecule has 0 amide bonds. The lowest BCUT2D eigenvalue weighted by atomic mass is 10.1. The lowest BCUT2D eigenvalue weighted by molar-refractivity contribution is -0.106. The van der Waals surface area contributed by atoms with Crippen LogP contribution >= 0.6 is 12.2 Å². The first-order valence-corrected chi connectivity index (χ1v) is 6.68. The van der Waals surface area contributed by atoms with E-state index in [1.165, 1.54) is 0 Å². The van der Waals surface area contributed by atoms with Gasteiger partial charge < -0.3 is 14.8 Å². The molecule has 2 aromatic carbocycles. The highest BCUT2D eigenvalue weighted by Gasteiger charge is 2.16. The van der Waals surface area contributed by atoms with Gasteiger partial charge >= 0.3 is 0 Å². The zero-order chi connectivity index (χ0) is 14.4. The molecular formula is C16H17NO2S. The van der Waals surface area contributed by atoms with Crippen molar-refractivity contribution in [3.63, 3.8) is 0 Å². The maximum atomic E-state index is 5.48. The van der Waals surface area contributed by atoms with Gasteiger partial charge in [-0.15, -0.1) is 0 Å². The fraction of sp³-hybridized carbons (Fsp3) is 0.188. The van der Waals surface area contributed by atoms with E-state index in [2.05, 4.69) is 5.32 Å². The summed E-state index contributed by atoms with van der Waals surface area (Å²) in [7, 11) is 3.22. The second-order valence-corrected chi connectivity index (χ2v) is 4.62. The van der Waals surface area contributed by atoms with E-state index in [1.807, 2.05) is 54.6 Å². The topological polar surface area (TPSA) is 30.5 Å². The molecule has 0 aliphatic carbocycles. The molecule has 0 unspecified atom stereocenters. The molecule has 0 spiro atoms. The monoisotopic (exact) mass is 287 g/mol. The molecule has 2 aromatic rings. The molecular weight excluding hydrogens is 270 g/mol. The summed E-state index contributed by atoms with van der Waals surface area (Å²) in [5, 5.41) is 3.22. The minimum Gasteiger partial charge on any atom is -0.352 e. The molecule has 0 bridgehead atoms. The number of rotatable bonds is 5. The summed E-state index contributed by atoms with van der Waals surface area (Å²) in [6.07, 6.45) is -0.429. The van der Waals surface area contributed by atoms with E-state index >= 15 is 0 Å². The van der Waals surface area contributed by atoms with Gasteiger partial charge in [0.1, 0.15) is 4.99 Å². The minimum atomic E-state index is -0.429. The van der Waals surface area contributed by atoms with Crippen molar-refractivity contribution in [2.45, 2.75) is 6.29 Å². The highest BCUT2D eigenvalue weighted by atomic mass is 32.1. The molecule has 104 valence electrons. The van der Waals surface area contributed by atoms with Crippen molar-refractivity contribution in [3.05, 3.63) is 65.7 Å². The van der Waals surface area contributed by atoms with E-state index in [0.717, 1.165) is 16.8 Å². The summed E-state index contributed by atoms with van der Waals surface area (Å²) in [5.74, 6) is 0. The summed E-state index contributed by atoms with van der Waals surface area (Å²) in [4.78, 5) is 0.644. The second-order valence-electron chi connectivity index (χ2n) is 4.21. The van der Waals surface area contributed by atoms with Crippen molar-refractivity contribution in [1.82, 2.24) is 0 Å². The first kappa shape index (κ1) is 14.7. The van der Waals surface area contributed by atoms with Crippen molar-refractivity contribution in [2.75, 3.05) is 19.5 Å². The third-order valence-electron chi connectivity index (χ3n) is 2.92. The number of hydrogen-bond acceptors (Lipinski definition) is 3. The second kappa shape index (κ2) is 7.14. The SMILES string of the molecule is COC(OC)c1ccccc1C(=S)Nc1ccccc1. The van der Waals surface area contributed by atoms with Gasteiger partial charge in [0.25, 0.3) is 0 Å². The molecule has 0 heterocycles. The number of thiocarbonyl (C=S) groups is 1. The summed E-state index contributed by atoms with van der Waals surface area (Å²) in [5.41, 5.74) is 2.77. The van der Waals surface area contributed by atoms with Gasteiger partial charge in [-0.2, -0.15) is 0 Å². The van der Waals surface area contributed by atoms with Gasteiger partial charge in [0.15, 0.2) is 6.29 Å². The normalized spacial score (nSPS) is 10.6. The van der Waals surface area contributed by atoms with Crippen molar-refractivity contribution in [1.29, 1.82) is 0 Å². The van der Waals surface area contributed by atoms with E-state index in [4.69, 9.17) is 21.7 Å². The van der Waals surface area contributed by atoms with Crippen molar-refractivity contribution < 1.29 is 9.47 Å². The van der Waals surface area contributed by atoms with Crippen LogP contribution in [0.2, 0.25) is 0 Å². The van der Waals surface area contributed by atoms with E-state index in [-0.39, 0.29) is 0 Å². The molecule has 0 fully saturated rings. The van der Waals surface area contributed by atoms with Crippen LogP contribution < -0.4 is 5.32 Å². The van der Waals surface area contributed by atoms with E-state index in [9.17, 15) is 0 Å². The van der Waals surface area contributed by atoms with Crippen molar-refractivity contribution >= 4 is 22.9 Å². The van der Waals surface area contributed by atoms with E-state index in [1.54, 1.807) is 14.2 Å². The lowest BCUT2D eigenvalue weighted by Gasteiger charge is -2.18. The Balaban J connectivity index is 2.26. The van der Waals surface area contributed by atoms with Crippen LogP contribution in [-0.4, -0.2) is 19.2 Å². The van der Waals surface area contributed by atoms with Crippen LogP contribution in [-0.2, 0) is 9.47 Å². The molecule has 0 atom stereocenters. The van der Waals surface area contributed by atoms with Crippen molar-refractivity contribution in [2.24, 2.45) is 0 Å². The average Bonchev–Trinajstić information content (AvgIpc) is 2.50. The quantitative estimate of drug-likeness (QED) is 0.670. The van der Waals surface area contributed by atoms with Gasteiger partial charge in [-0.3, -0.25) is 0 Å². The number of benzene rings is 2. The molecule has 20 heavy (non-hydrogen) atoms. The van der Waals surface area contributed by atoms with Gasteiger partial charge in [0, 0.05) is 31.0 Å². The van der Waals surface area contributed by atoms with Gasteiger partial charge in [-0.25, -0.2) is 0 Å². The van der Waals surface area contributed by atoms with Gasteiger partial charge in [-0.05, 0) is 12.1 Å². The maximum absolute atomic E-state index is 5.48.